The molecule has 0 saturated heterocycles. The summed E-state index contributed by atoms with van der Waals surface area (Å²) in [4.78, 5) is 67.9. The number of benzene rings is 3. The van der Waals surface area contributed by atoms with Gasteiger partial charge in [-0.15, -0.1) is 0 Å². The maximum atomic E-state index is 13.4. The minimum atomic E-state index is -1.06. The molecule has 3 aromatic carbocycles. The van der Waals surface area contributed by atoms with E-state index in [1.807, 2.05) is 49.4 Å². The maximum absolute atomic E-state index is 13.4. The first-order valence-corrected chi connectivity index (χ1v) is 13.7. The van der Waals surface area contributed by atoms with Crippen molar-refractivity contribution < 1.29 is 33.5 Å². The van der Waals surface area contributed by atoms with Gasteiger partial charge in [-0.05, 0) is 41.8 Å². The van der Waals surface area contributed by atoms with Gasteiger partial charge in [0.1, 0.15) is 12.1 Å². The fourth-order valence-electron chi connectivity index (χ4n) is 4.30. The van der Waals surface area contributed by atoms with Gasteiger partial charge in [-0.1, -0.05) is 79.6 Å². The summed E-state index contributed by atoms with van der Waals surface area (Å²) in [6.07, 6.45) is 1.10. The minimum Gasteiger partial charge on any atom is -0.469 e. The van der Waals surface area contributed by atoms with Crippen molar-refractivity contribution in [1.82, 2.24) is 21.6 Å². The Hall–Kier alpha value is -4.77. The summed E-state index contributed by atoms with van der Waals surface area (Å²) in [6.45, 7) is 3.34. The van der Waals surface area contributed by atoms with Crippen molar-refractivity contribution in [1.29, 1.82) is 0 Å². The Labute approximate surface area is 244 Å². The molecule has 42 heavy (non-hydrogen) atoms. The highest BCUT2D eigenvalue weighted by Crippen LogP contribution is 2.18. The summed E-state index contributed by atoms with van der Waals surface area (Å²) >= 11 is 0. The lowest BCUT2D eigenvalue weighted by atomic mass is 9.96. The predicted molar refractivity (Wildman–Crippen MR) is 155 cm³/mol. The Morgan fingerprint density at radius 2 is 1.50 bits per heavy atom. The molecular weight excluding hydrogens is 540 g/mol. The van der Waals surface area contributed by atoms with Crippen LogP contribution in [0, 0.1) is 5.92 Å². The molecule has 0 saturated carbocycles. The number of hydrazine groups is 1. The standard InChI is InChI=1S/C31H36N4O7/c1-4-10-25(19-27(36)41-3)29(38)33-26(18-21-15-16-22-11-8-9-14-24(22)17-21)30(39)32-20(2)28(37)34-35-42-31(40)23-12-6-5-7-13-23/h5-9,11-17,20,25-26,35H,4,10,18-19H2,1-3H3,(H,32,39)(H,33,38)(H,34,37)/t20-,25?,26-/m0/s1. The molecule has 0 heterocycles. The normalized spacial score (nSPS) is 12.8. The van der Waals surface area contributed by atoms with E-state index < -0.39 is 47.7 Å². The molecule has 3 amide bonds. The van der Waals surface area contributed by atoms with Crippen LogP contribution in [0.4, 0.5) is 0 Å². The van der Waals surface area contributed by atoms with Crippen molar-refractivity contribution in [3.63, 3.8) is 0 Å². The molecule has 1 unspecified atom stereocenters. The second-order valence-corrected chi connectivity index (χ2v) is 9.79. The van der Waals surface area contributed by atoms with Crippen LogP contribution in [-0.2, 0) is 35.2 Å². The van der Waals surface area contributed by atoms with Crippen molar-refractivity contribution in [2.24, 2.45) is 5.92 Å². The Morgan fingerprint density at radius 1 is 0.810 bits per heavy atom. The zero-order chi connectivity index (χ0) is 30.5. The highest BCUT2D eigenvalue weighted by atomic mass is 16.7. The number of fused-ring (bicyclic) bond motifs is 1. The van der Waals surface area contributed by atoms with Crippen LogP contribution in [-0.4, -0.2) is 48.9 Å². The Kier molecular flexibility index (Phi) is 12.0. The fourth-order valence-corrected chi connectivity index (χ4v) is 4.30. The second-order valence-electron chi connectivity index (χ2n) is 9.79. The fraction of sp³-hybridized carbons (Fsp3) is 0.323. The third-order valence-electron chi connectivity index (χ3n) is 6.61. The molecule has 0 aliphatic heterocycles. The maximum Gasteiger partial charge on any atom is 0.358 e. The first-order valence-electron chi connectivity index (χ1n) is 13.7. The summed E-state index contributed by atoms with van der Waals surface area (Å²) in [6, 6.07) is 19.6. The van der Waals surface area contributed by atoms with Gasteiger partial charge < -0.3 is 20.2 Å². The van der Waals surface area contributed by atoms with Crippen molar-refractivity contribution in [2.75, 3.05) is 7.11 Å². The Balaban J connectivity index is 1.68. The van der Waals surface area contributed by atoms with E-state index in [0.29, 0.717) is 12.8 Å². The number of carbonyl (C=O) groups excluding carboxylic acids is 5. The molecule has 0 aromatic heterocycles. The molecule has 3 aromatic rings. The van der Waals surface area contributed by atoms with Crippen LogP contribution >= 0.6 is 0 Å². The summed E-state index contributed by atoms with van der Waals surface area (Å²) in [7, 11) is 1.25. The number of carbonyl (C=O) groups is 5. The summed E-state index contributed by atoms with van der Waals surface area (Å²) in [5.74, 6) is -3.67. The summed E-state index contributed by atoms with van der Waals surface area (Å²) in [5.41, 5.74) is 5.38. The van der Waals surface area contributed by atoms with E-state index in [4.69, 9.17) is 9.57 Å². The summed E-state index contributed by atoms with van der Waals surface area (Å²) in [5, 5.41) is 7.37. The number of amides is 3. The Morgan fingerprint density at radius 3 is 2.19 bits per heavy atom. The van der Waals surface area contributed by atoms with Crippen LogP contribution in [0.5, 0.6) is 0 Å². The average Bonchev–Trinajstić information content (AvgIpc) is 3.00. The van der Waals surface area contributed by atoms with Crippen LogP contribution in [0.15, 0.2) is 72.8 Å². The molecule has 0 radical (unpaired) electrons. The highest BCUT2D eigenvalue weighted by Gasteiger charge is 2.29. The molecular formula is C31H36N4O7. The molecule has 0 fully saturated rings. The largest absolute Gasteiger partial charge is 0.469 e. The van der Waals surface area contributed by atoms with Crippen molar-refractivity contribution >= 4 is 40.4 Å². The molecule has 0 aliphatic rings. The second kappa shape index (κ2) is 15.9. The van der Waals surface area contributed by atoms with E-state index in [1.54, 1.807) is 30.3 Å². The number of nitrogens with one attached hydrogen (secondary N) is 4. The monoisotopic (exact) mass is 576 g/mol. The lowest BCUT2D eigenvalue weighted by molar-refractivity contribution is -0.144. The third-order valence-corrected chi connectivity index (χ3v) is 6.61. The van der Waals surface area contributed by atoms with Crippen molar-refractivity contribution in [2.45, 2.75) is 51.6 Å². The van der Waals surface area contributed by atoms with E-state index >= 15 is 0 Å². The number of methoxy groups -OCH3 is 1. The van der Waals surface area contributed by atoms with E-state index in [1.165, 1.54) is 14.0 Å². The zero-order valence-electron chi connectivity index (χ0n) is 23.8. The van der Waals surface area contributed by atoms with Crippen LogP contribution in [0.2, 0.25) is 0 Å². The molecule has 0 bridgehead atoms. The van der Waals surface area contributed by atoms with Gasteiger partial charge in [0.25, 0.3) is 5.91 Å². The number of esters is 1. The van der Waals surface area contributed by atoms with E-state index in [-0.39, 0.29) is 18.4 Å². The van der Waals surface area contributed by atoms with Crippen LogP contribution in [0.1, 0.15) is 49.0 Å². The molecule has 11 heteroatoms. The van der Waals surface area contributed by atoms with Gasteiger partial charge in [0.15, 0.2) is 0 Å². The molecule has 11 nitrogen and oxygen atoms in total. The number of hydrogen-bond donors (Lipinski definition) is 4. The number of ether oxygens (including phenoxy) is 1. The molecule has 3 rings (SSSR count). The first kappa shape index (κ1) is 31.8. The Bertz CT molecular complexity index is 1400. The minimum absolute atomic E-state index is 0.118. The van der Waals surface area contributed by atoms with Gasteiger partial charge in [0.2, 0.25) is 11.8 Å². The van der Waals surface area contributed by atoms with Crippen LogP contribution < -0.4 is 21.6 Å². The smallest absolute Gasteiger partial charge is 0.358 e. The van der Waals surface area contributed by atoms with Crippen molar-refractivity contribution in [3.05, 3.63) is 83.9 Å². The molecule has 0 aliphatic carbocycles. The molecule has 4 N–H and O–H groups in total. The van der Waals surface area contributed by atoms with Crippen molar-refractivity contribution in [3.8, 4) is 0 Å². The lowest BCUT2D eigenvalue weighted by Crippen LogP contribution is -2.55. The average molecular weight is 577 g/mol. The third kappa shape index (κ3) is 9.41. The SMILES string of the molecule is CCCC(CC(=O)OC)C(=O)N[C@@H](Cc1ccc2ccccc2c1)C(=O)N[C@@H](C)C(=O)NNOC(=O)c1ccccc1. The topological polar surface area (TPSA) is 152 Å². The van der Waals surface area contributed by atoms with Gasteiger partial charge >= 0.3 is 11.9 Å². The first-order chi connectivity index (χ1) is 20.2. The predicted octanol–water partition coefficient (Wildman–Crippen LogP) is 2.74. The van der Waals surface area contributed by atoms with Gasteiger partial charge in [-0.3, -0.25) is 24.6 Å². The number of hydrogen-bond acceptors (Lipinski definition) is 8. The van der Waals surface area contributed by atoms with E-state index in [2.05, 4.69) is 21.6 Å². The number of rotatable bonds is 14. The van der Waals surface area contributed by atoms with Gasteiger partial charge in [-0.2, -0.15) is 0 Å². The van der Waals surface area contributed by atoms with Gasteiger partial charge in [-0.25, -0.2) is 4.79 Å². The van der Waals surface area contributed by atoms with E-state index in [9.17, 15) is 24.0 Å². The molecule has 3 atom stereocenters. The van der Waals surface area contributed by atoms with Gasteiger partial charge in [0, 0.05) is 12.3 Å². The zero-order valence-corrected chi connectivity index (χ0v) is 23.8. The lowest BCUT2D eigenvalue weighted by Gasteiger charge is -2.24. The highest BCUT2D eigenvalue weighted by molar-refractivity contribution is 5.93. The quantitative estimate of drug-likeness (QED) is 0.169. The van der Waals surface area contributed by atoms with E-state index in [0.717, 1.165) is 16.3 Å². The van der Waals surface area contributed by atoms with Gasteiger partial charge in [0.05, 0.1) is 19.1 Å². The van der Waals surface area contributed by atoms with Crippen LogP contribution in [0.3, 0.4) is 0 Å². The molecule has 222 valence electrons. The summed E-state index contributed by atoms with van der Waals surface area (Å²) < 4.78 is 4.74. The van der Waals surface area contributed by atoms with Crippen LogP contribution in [0.25, 0.3) is 10.8 Å². The molecule has 0 spiro atoms.